The second-order valence-corrected chi connectivity index (χ2v) is 5.91. The number of hydrogen-bond acceptors (Lipinski definition) is 2. The normalized spacial score (nSPS) is 14.0. The molecule has 3 nitrogen and oxygen atoms in total. The maximum Gasteiger partial charge on any atom is 0.257 e. The summed E-state index contributed by atoms with van der Waals surface area (Å²) in [4.78, 5) is 18.6. The van der Waals surface area contributed by atoms with Gasteiger partial charge in [0.15, 0.2) is 0 Å². The molecule has 0 saturated heterocycles. The summed E-state index contributed by atoms with van der Waals surface area (Å²) >= 11 is 6.12. The van der Waals surface area contributed by atoms with Crippen LogP contribution in [0.3, 0.4) is 0 Å². The number of carbonyl (C=O) groups excluding carboxylic acids is 1. The lowest BCUT2D eigenvalue weighted by atomic mass is 10.1. The number of benzene rings is 1. The van der Waals surface area contributed by atoms with Gasteiger partial charge < -0.3 is 4.90 Å². The van der Waals surface area contributed by atoms with E-state index in [0.717, 1.165) is 18.4 Å². The van der Waals surface area contributed by atoms with E-state index in [1.165, 1.54) is 5.56 Å². The summed E-state index contributed by atoms with van der Waals surface area (Å²) in [5.41, 5.74) is 2.84. The molecule has 2 aromatic rings. The molecule has 1 aliphatic carbocycles. The highest BCUT2D eigenvalue weighted by atomic mass is 35.5. The summed E-state index contributed by atoms with van der Waals surface area (Å²) in [7, 11) is 0. The van der Waals surface area contributed by atoms with Gasteiger partial charge in [0.25, 0.3) is 5.91 Å². The van der Waals surface area contributed by atoms with Gasteiger partial charge in [0, 0.05) is 25.0 Å². The molecule has 1 amide bonds. The second-order valence-electron chi connectivity index (χ2n) is 5.51. The Morgan fingerprint density at radius 3 is 2.62 bits per heavy atom. The molecule has 0 N–H and O–H groups in total. The van der Waals surface area contributed by atoms with Crippen LogP contribution < -0.4 is 0 Å². The smallest absolute Gasteiger partial charge is 0.257 e. The van der Waals surface area contributed by atoms with Crippen LogP contribution in [0.2, 0.25) is 5.02 Å². The fourth-order valence-electron chi connectivity index (χ4n) is 2.33. The third-order valence-electron chi connectivity index (χ3n) is 3.72. The highest BCUT2D eigenvalue weighted by Crippen LogP contribution is 2.31. The maximum absolute atomic E-state index is 12.7. The van der Waals surface area contributed by atoms with Crippen LogP contribution >= 0.6 is 11.6 Å². The fraction of sp³-hybridized carbons (Fsp3) is 0.294. The van der Waals surface area contributed by atoms with Gasteiger partial charge >= 0.3 is 0 Å². The number of carbonyl (C=O) groups is 1. The lowest BCUT2D eigenvalue weighted by Crippen LogP contribution is -2.32. The first-order valence-electron chi connectivity index (χ1n) is 7.11. The largest absolute Gasteiger partial charge is 0.331 e. The SMILES string of the molecule is Cc1ccc(CN(C(=O)c2cnccc2Cl)C2CC2)cc1. The zero-order valence-electron chi connectivity index (χ0n) is 11.9. The predicted molar refractivity (Wildman–Crippen MR) is 83.3 cm³/mol. The lowest BCUT2D eigenvalue weighted by Gasteiger charge is -2.23. The van der Waals surface area contributed by atoms with Crippen LogP contribution in [0.15, 0.2) is 42.7 Å². The molecule has 1 heterocycles. The minimum atomic E-state index is -0.0313. The summed E-state index contributed by atoms with van der Waals surface area (Å²) < 4.78 is 0. The lowest BCUT2D eigenvalue weighted by molar-refractivity contribution is 0.0729. The number of halogens is 1. The van der Waals surface area contributed by atoms with Crippen molar-refractivity contribution in [3.63, 3.8) is 0 Å². The highest BCUT2D eigenvalue weighted by molar-refractivity contribution is 6.33. The molecule has 1 aliphatic rings. The van der Waals surface area contributed by atoms with Crippen molar-refractivity contribution in [3.8, 4) is 0 Å². The van der Waals surface area contributed by atoms with Crippen molar-refractivity contribution in [2.45, 2.75) is 32.4 Å². The Kier molecular flexibility index (Phi) is 3.93. The van der Waals surface area contributed by atoms with E-state index >= 15 is 0 Å². The quantitative estimate of drug-likeness (QED) is 0.859. The molecule has 1 fully saturated rings. The molecule has 3 rings (SSSR count). The summed E-state index contributed by atoms with van der Waals surface area (Å²) in [5.74, 6) is -0.0313. The van der Waals surface area contributed by atoms with Crippen molar-refractivity contribution in [1.82, 2.24) is 9.88 Å². The highest BCUT2D eigenvalue weighted by Gasteiger charge is 2.33. The summed E-state index contributed by atoms with van der Waals surface area (Å²) in [6, 6.07) is 10.3. The topological polar surface area (TPSA) is 33.2 Å². The van der Waals surface area contributed by atoms with Gasteiger partial charge in [-0.05, 0) is 31.4 Å². The molecule has 0 aliphatic heterocycles. The predicted octanol–water partition coefficient (Wildman–Crippen LogP) is 3.85. The van der Waals surface area contributed by atoms with Crippen LogP contribution in [-0.4, -0.2) is 21.8 Å². The molecule has 1 aromatic carbocycles. The Morgan fingerprint density at radius 2 is 2.00 bits per heavy atom. The van der Waals surface area contributed by atoms with Crippen LogP contribution in [0.25, 0.3) is 0 Å². The molecule has 21 heavy (non-hydrogen) atoms. The van der Waals surface area contributed by atoms with E-state index in [4.69, 9.17) is 11.6 Å². The number of nitrogens with zero attached hydrogens (tertiary/aromatic N) is 2. The molecule has 1 aromatic heterocycles. The van der Waals surface area contributed by atoms with Crippen LogP contribution in [0.1, 0.15) is 34.3 Å². The van der Waals surface area contributed by atoms with Crippen LogP contribution in [-0.2, 0) is 6.54 Å². The first kappa shape index (κ1) is 14.1. The van der Waals surface area contributed by atoms with Gasteiger partial charge in [0.05, 0.1) is 10.6 Å². The number of pyridine rings is 1. The van der Waals surface area contributed by atoms with Gasteiger partial charge in [-0.3, -0.25) is 9.78 Å². The molecule has 1 saturated carbocycles. The van der Waals surface area contributed by atoms with Crippen molar-refractivity contribution in [1.29, 1.82) is 0 Å². The summed E-state index contributed by atoms with van der Waals surface area (Å²) in [5, 5.41) is 0.463. The molecular weight excluding hydrogens is 284 g/mol. The first-order chi connectivity index (χ1) is 10.1. The molecule has 0 bridgehead atoms. The van der Waals surface area contributed by atoms with Gasteiger partial charge in [0.2, 0.25) is 0 Å². The van der Waals surface area contributed by atoms with E-state index < -0.39 is 0 Å². The first-order valence-corrected chi connectivity index (χ1v) is 7.49. The third-order valence-corrected chi connectivity index (χ3v) is 4.05. The zero-order valence-corrected chi connectivity index (χ0v) is 12.7. The Morgan fingerprint density at radius 1 is 1.29 bits per heavy atom. The van der Waals surface area contributed by atoms with E-state index in [1.807, 2.05) is 4.90 Å². The van der Waals surface area contributed by atoms with E-state index in [-0.39, 0.29) is 5.91 Å². The van der Waals surface area contributed by atoms with E-state index in [0.29, 0.717) is 23.2 Å². The van der Waals surface area contributed by atoms with Crippen molar-refractivity contribution in [3.05, 3.63) is 64.4 Å². The number of amides is 1. The second kappa shape index (κ2) is 5.86. The van der Waals surface area contributed by atoms with Crippen LogP contribution in [0.5, 0.6) is 0 Å². The molecule has 0 spiro atoms. The van der Waals surface area contributed by atoms with Crippen molar-refractivity contribution >= 4 is 17.5 Å². The molecule has 0 unspecified atom stereocenters. The molecule has 108 valence electrons. The van der Waals surface area contributed by atoms with Crippen molar-refractivity contribution in [2.75, 3.05) is 0 Å². The van der Waals surface area contributed by atoms with E-state index in [2.05, 4.69) is 36.2 Å². The molecule has 4 heteroatoms. The van der Waals surface area contributed by atoms with Crippen molar-refractivity contribution in [2.24, 2.45) is 0 Å². The number of aromatic nitrogens is 1. The number of rotatable bonds is 4. The Bertz CT molecular complexity index is 650. The standard InChI is InChI=1S/C17H17ClN2O/c1-12-2-4-13(5-3-12)11-20(14-6-7-14)17(21)15-10-19-9-8-16(15)18/h2-5,8-10,14H,6-7,11H2,1H3. The van der Waals surface area contributed by atoms with Gasteiger partial charge in [0.1, 0.15) is 0 Å². The van der Waals surface area contributed by atoms with Gasteiger partial charge in [-0.15, -0.1) is 0 Å². The van der Waals surface area contributed by atoms with Crippen LogP contribution in [0.4, 0.5) is 0 Å². The average molecular weight is 301 g/mol. The Hall–Kier alpha value is -1.87. The van der Waals surface area contributed by atoms with Gasteiger partial charge in [-0.1, -0.05) is 41.4 Å². The van der Waals surface area contributed by atoms with E-state index in [9.17, 15) is 4.79 Å². The number of hydrogen-bond donors (Lipinski definition) is 0. The van der Waals surface area contributed by atoms with Crippen LogP contribution in [0, 0.1) is 6.92 Å². The number of aryl methyl sites for hydroxylation is 1. The average Bonchev–Trinajstić information content (AvgIpc) is 3.31. The molecular formula is C17H17ClN2O. The van der Waals surface area contributed by atoms with Gasteiger partial charge in [-0.2, -0.15) is 0 Å². The zero-order chi connectivity index (χ0) is 14.8. The minimum Gasteiger partial charge on any atom is -0.331 e. The molecule has 0 atom stereocenters. The van der Waals surface area contributed by atoms with E-state index in [1.54, 1.807) is 18.5 Å². The van der Waals surface area contributed by atoms with Crippen molar-refractivity contribution < 1.29 is 4.79 Å². The fourth-order valence-corrected chi connectivity index (χ4v) is 2.52. The monoisotopic (exact) mass is 300 g/mol. The maximum atomic E-state index is 12.7. The van der Waals surface area contributed by atoms with Gasteiger partial charge in [-0.25, -0.2) is 0 Å². The third kappa shape index (κ3) is 3.24. The Balaban J connectivity index is 1.83. The molecule has 0 radical (unpaired) electrons. The minimum absolute atomic E-state index is 0.0313. The Labute approximate surface area is 129 Å². The summed E-state index contributed by atoms with van der Waals surface area (Å²) in [6.45, 7) is 2.68. The summed E-state index contributed by atoms with van der Waals surface area (Å²) in [6.07, 6.45) is 5.28.